The lowest BCUT2D eigenvalue weighted by atomic mass is 10.1. The highest BCUT2D eigenvalue weighted by molar-refractivity contribution is 7.99. The number of halogens is 3. The number of benzene rings is 2. The van der Waals surface area contributed by atoms with Crippen molar-refractivity contribution >= 4 is 47.4 Å². The highest BCUT2D eigenvalue weighted by Crippen LogP contribution is 2.44. The van der Waals surface area contributed by atoms with Crippen LogP contribution in [0.4, 0.5) is 0 Å². The fourth-order valence-corrected chi connectivity index (χ4v) is 4.60. The van der Waals surface area contributed by atoms with Gasteiger partial charge in [-0.05, 0) is 24.3 Å². The first-order chi connectivity index (χ1) is 10.8. The molecule has 0 amide bonds. The maximum Gasteiger partial charge on any atom is 0.0863 e. The molecule has 124 valence electrons. The van der Waals surface area contributed by atoms with Gasteiger partial charge in [0, 0.05) is 33.6 Å². The van der Waals surface area contributed by atoms with Crippen molar-refractivity contribution < 1.29 is 4.74 Å². The van der Waals surface area contributed by atoms with Crippen LogP contribution < -0.4 is 5.32 Å². The molecule has 23 heavy (non-hydrogen) atoms. The summed E-state index contributed by atoms with van der Waals surface area (Å²) in [7, 11) is 0. The quantitative estimate of drug-likeness (QED) is 0.722. The second-order valence-corrected chi connectivity index (χ2v) is 7.13. The first-order valence-corrected chi connectivity index (χ1v) is 8.87. The monoisotopic (exact) mass is 389 g/mol. The highest BCUT2D eigenvalue weighted by Gasteiger charge is 2.30. The van der Waals surface area contributed by atoms with Crippen LogP contribution in [0.25, 0.3) is 0 Å². The molecule has 6 heteroatoms. The van der Waals surface area contributed by atoms with Gasteiger partial charge >= 0.3 is 0 Å². The van der Waals surface area contributed by atoms with Crippen LogP contribution in [0.15, 0.2) is 53.4 Å². The van der Waals surface area contributed by atoms with Gasteiger partial charge in [-0.15, -0.1) is 24.2 Å². The SMILES string of the molecule is Cl.Clc1cccc(Cl)c1[C@@H](Sc1ccccc1)[C@H]1CNCCO1. The number of hydrogen-bond acceptors (Lipinski definition) is 3. The molecule has 0 aromatic heterocycles. The van der Waals surface area contributed by atoms with Crippen molar-refractivity contribution in [2.24, 2.45) is 0 Å². The molecule has 3 rings (SSSR count). The third kappa shape index (κ3) is 4.79. The topological polar surface area (TPSA) is 21.3 Å². The normalized spacial score (nSPS) is 19.0. The fraction of sp³-hybridized carbons (Fsp3) is 0.294. The number of ether oxygens (including phenoxy) is 1. The molecular formula is C17H18Cl3NOS. The molecular weight excluding hydrogens is 373 g/mol. The van der Waals surface area contributed by atoms with Gasteiger partial charge in [-0.1, -0.05) is 47.5 Å². The molecule has 0 unspecified atom stereocenters. The molecule has 1 fully saturated rings. The predicted octanol–water partition coefficient (Wildman–Crippen LogP) is 5.24. The lowest BCUT2D eigenvalue weighted by Crippen LogP contribution is -2.41. The summed E-state index contributed by atoms with van der Waals surface area (Å²) in [6.45, 7) is 2.39. The summed E-state index contributed by atoms with van der Waals surface area (Å²) in [6, 6.07) is 15.9. The van der Waals surface area contributed by atoms with E-state index in [1.807, 2.05) is 36.4 Å². The number of rotatable bonds is 4. The number of hydrogen-bond donors (Lipinski definition) is 1. The Kier molecular flexibility index (Phi) is 7.54. The van der Waals surface area contributed by atoms with E-state index < -0.39 is 0 Å². The second-order valence-electron chi connectivity index (χ2n) is 5.10. The maximum absolute atomic E-state index is 6.44. The third-order valence-corrected chi connectivity index (χ3v) is 5.58. The van der Waals surface area contributed by atoms with Crippen LogP contribution in [0.3, 0.4) is 0 Å². The molecule has 1 heterocycles. The Labute approximate surface area is 157 Å². The van der Waals surface area contributed by atoms with E-state index in [0.717, 1.165) is 18.7 Å². The first kappa shape index (κ1) is 18.9. The lowest BCUT2D eigenvalue weighted by Gasteiger charge is -2.32. The fourth-order valence-electron chi connectivity index (χ4n) is 2.53. The lowest BCUT2D eigenvalue weighted by molar-refractivity contribution is 0.0273. The van der Waals surface area contributed by atoms with Gasteiger partial charge in [0.2, 0.25) is 0 Å². The number of morpholine rings is 1. The molecule has 2 atom stereocenters. The van der Waals surface area contributed by atoms with Gasteiger partial charge in [0.25, 0.3) is 0 Å². The van der Waals surface area contributed by atoms with Crippen LogP contribution in [0.1, 0.15) is 10.8 Å². The Bertz CT molecular complexity index is 600. The Balaban J connectivity index is 0.00000192. The smallest absolute Gasteiger partial charge is 0.0863 e. The van der Waals surface area contributed by atoms with Gasteiger partial charge < -0.3 is 10.1 Å². The van der Waals surface area contributed by atoms with Crippen LogP contribution in [0, 0.1) is 0 Å². The number of thioether (sulfide) groups is 1. The minimum absolute atomic E-state index is 0. The Morgan fingerprint density at radius 3 is 2.35 bits per heavy atom. The van der Waals surface area contributed by atoms with E-state index in [-0.39, 0.29) is 23.8 Å². The second kappa shape index (κ2) is 9.16. The summed E-state index contributed by atoms with van der Waals surface area (Å²) < 4.78 is 5.98. The van der Waals surface area contributed by atoms with Crippen LogP contribution in [-0.2, 0) is 4.74 Å². The van der Waals surface area contributed by atoms with Gasteiger partial charge in [-0.2, -0.15) is 0 Å². The van der Waals surface area contributed by atoms with Gasteiger partial charge in [0.1, 0.15) is 0 Å². The van der Waals surface area contributed by atoms with Crippen LogP contribution in [-0.4, -0.2) is 25.8 Å². The van der Waals surface area contributed by atoms with E-state index in [2.05, 4.69) is 17.4 Å². The molecule has 0 saturated carbocycles. The highest BCUT2D eigenvalue weighted by atomic mass is 35.5. The van der Waals surface area contributed by atoms with Crippen molar-refractivity contribution in [1.82, 2.24) is 5.32 Å². The van der Waals surface area contributed by atoms with Crippen molar-refractivity contribution in [2.75, 3.05) is 19.7 Å². The molecule has 0 spiro atoms. The van der Waals surface area contributed by atoms with Gasteiger partial charge in [-0.25, -0.2) is 0 Å². The minimum atomic E-state index is 0. The van der Waals surface area contributed by atoms with Crippen molar-refractivity contribution in [1.29, 1.82) is 0 Å². The largest absolute Gasteiger partial charge is 0.374 e. The Morgan fingerprint density at radius 1 is 1.04 bits per heavy atom. The van der Waals surface area contributed by atoms with Gasteiger partial charge in [0.05, 0.1) is 18.0 Å². The summed E-state index contributed by atoms with van der Waals surface area (Å²) in [4.78, 5) is 1.18. The van der Waals surface area contributed by atoms with E-state index in [9.17, 15) is 0 Å². The standard InChI is InChI=1S/C17H17Cl2NOS.ClH/c18-13-7-4-8-14(19)16(13)17(15-11-20-9-10-21-15)22-12-5-2-1-3-6-12;/h1-8,15,17,20H,9-11H2;1H/t15-,17+;/m1./s1. The summed E-state index contributed by atoms with van der Waals surface area (Å²) in [5.41, 5.74) is 0.952. The van der Waals surface area contributed by atoms with Crippen LogP contribution >= 0.6 is 47.4 Å². The molecule has 0 bridgehead atoms. The molecule has 0 radical (unpaired) electrons. The zero-order valence-corrected chi connectivity index (χ0v) is 15.5. The van der Waals surface area contributed by atoms with Crippen molar-refractivity contribution in [3.8, 4) is 0 Å². The average Bonchev–Trinajstić information content (AvgIpc) is 2.55. The van der Waals surface area contributed by atoms with E-state index in [1.54, 1.807) is 11.8 Å². The Hall–Kier alpha value is -0.420. The summed E-state index contributed by atoms with van der Waals surface area (Å²) in [5.74, 6) is 0. The summed E-state index contributed by atoms with van der Waals surface area (Å²) >= 11 is 14.6. The molecule has 1 aliphatic heterocycles. The van der Waals surface area contributed by atoms with E-state index in [0.29, 0.717) is 16.7 Å². The van der Waals surface area contributed by atoms with Crippen molar-refractivity contribution in [3.63, 3.8) is 0 Å². The predicted molar refractivity (Wildman–Crippen MR) is 101 cm³/mol. The molecule has 0 aliphatic carbocycles. The summed E-state index contributed by atoms with van der Waals surface area (Å²) in [5, 5.41) is 4.82. The first-order valence-electron chi connectivity index (χ1n) is 7.23. The molecule has 1 N–H and O–H groups in total. The van der Waals surface area contributed by atoms with Gasteiger partial charge in [-0.3, -0.25) is 0 Å². The van der Waals surface area contributed by atoms with Crippen LogP contribution in [0.2, 0.25) is 10.0 Å². The number of nitrogens with one attached hydrogen (secondary N) is 1. The van der Waals surface area contributed by atoms with Crippen molar-refractivity contribution in [2.45, 2.75) is 16.2 Å². The molecule has 2 aromatic carbocycles. The molecule has 2 aromatic rings. The Morgan fingerprint density at radius 2 is 1.74 bits per heavy atom. The maximum atomic E-state index is 6.44. The van der Waals surface area contributed by atoms with E-state index >= 15 is 0 Å². The molecule has 1 aliphatic rings. The van der Waals surface area contributed by atoms with Crippen LogP contribution in [0.5, 0.6) is 0 Å². The zero-order chi connectivity index (χ0) is 15.4. The van der Waals surface area contributed by atoms with Gasteiger partial charge in [0.15, 0.2) is 0 Å². The zero-order valence-electron chi connectivity index (χ0n) is 12.4. The summed E-state index contributed by atoms with van der Waals surface area (Å²) in [6.07, 6.45) is 0.0383. The average molecular weight is 391 g/mol. The molecule has 1 saturated heterocycles. The third-order valence-electron chi connectivity index (χ3n) is 3.58. The van der Waals surface area contributed by atoms with Crippen molar-refractivity contribution in [3.05, 3.63) is 64.1 Å². The van der Waals surface area contributed by atoms with E-state index in [1.165, 1.54) is 4.90 Å². The van der Waals surface area contributed by atoms with E-state index in [4.69, 9.17) is 27.9 Å². The molecule has 2 nitrogen and oxygen atoms in total. The minimum Gasteiger partial charge on any atom is -0.374 e.